The molecule has 3 unspecified atom stereocenters. The van der Waals surface area contributed by atoms with Crippen LogP contribution in [0.25, 0.3) is 0 Å². The van der Waals surface area contributed by atoms with E-state index in [1.165, 1.54) is 25.7 Å². The first-order valence-electron chi connectivity index (χ1n) is 7.82. The first-order chi connectivity index (χ1) is 9.20. The highest BCUT2D eigenvalue weighted by atomic mass is 35.5. The fourth-order valence-electron chi connectivity index (χ4n) is 4.04. The lowest BCUT2D eigenvalue weighted by atomic mass is 9.95. The monoisotopic (exact) mass is 302 g/mol. The second-order valence-electron chi connectivity index (χ2n) is 6.77. The van der Waals surface area contributed by atoms with Gasteiger partial charge in [0.1, 0.15) is 0 Å². The zero-order chi connectivity index (χ0) is 13.2. The molecule has 1 N–H and O–H groups in total. The summed E-state index contributed by atoms with van der Waals surface area (Å²) in [5, 5.41) is 3.09. The molecule has 3 aliphatic rings. The van der Waals surface area contributed by atoms with Gasteiger partial charge in [-0.15, -0.1) is 12.4 Å². The quantitative estimate of drug-likeness (QED) is 0.871. The van der Waals surface area contributed by atoms with Gasteiger partial charge in [-0.05, 0) is 70.0 Å². The molecule has 2 aliphatic carbocycles. The van der Waals surface area contributed by atoms with Crippen LogP contribution in [0.5, 0.6) is 0 Å². The minimum Gasteiger partial charge on any atom is -0.449 e. The molecule has 1 amide bonds. The number of nitrogens with zero attached hydrogens (tertiary/aromatic N) is 1. The number of rotatable bonds is 3. The smallest absolute Gasteiger partial charge is 0.407 e. The fourth-order valence-corrected chi connectivity index (χ4v) is 4.04. The third-order valence-corrected chi connectivity index (χ3v) is 5.33. The fraction of sp³-hybridized carbons (Fsp3) is 0.933. The van der Waals surface area contributed by atoms with Crippen LogP contribution in [0.4, 0.5) is 4.79 Å². The van der Waals surface area contributed by atoms with Crippen molar-refractivity contribution in [1.82, 2.24) is 10.2 Å². The minimum atomic E-state index is -0.184. The van der Waals surface area contributed by atoms with E-state index < -0.39 is 0 Å². The molecular weight excluding hydrogens is 276 g/mol. The molecule has 0 aromatic heterocycles. The van der Waals surface area contributed by atoms with Crippen molar-refractivity contribution in [3.05, 3.63) is 0 Å². The van der Waals surface area contributed by atoms with E-state index in [0.29, 0.717) is 18.6 Å². The summed E-state index contributed by atoms with van der Waals surface area (Å²) < 4.78 is 5.42. The first kappa shape index (κ1) is 15.9. The summed E-state index contributed by atoms with van der Waals surface area (Å²) in [5.41, 5.74) is 0. The lowest BCUT2D eigenvalue weighted by molar-refractivity contribution is 0.0980. The van der Waals surface area contributed by atoms with Gasteiger partial charge >= 0.3 is 6.09 Å². The second kappa shape index (κ2) is 6.99. The van der Waals surface area contributed by atoms with Crippen LogP contribution >= 0.6 is 12.4 Å². The van der Waals surface area contributed by atoms with E-state index in [4.69, 9.17) is 4.74 Å². The number of ether oxygens (including phenoxy) is 1. The number of hydrogen-bond acceptors (Lipinski definition) is 3. The largest absolute Gasteiger partial charge is 0.449 e. The van der Waals surface area contributed by atoms with Crippen LogP contribution in [-0.2, 0) is 4.74 Å². The summed E-state index contributed by atoms with van der Waals surface area (Å²) >= 11 is 0. The molecule has 1 saturated heterocycles. The molecule has 5 heteroatoms. The number of nitrogens with one attached hydrogen (secondary N) is 1. The Morgan fingerprint density at radius 3 is 2.55 bits per heavy atom. The highest BCUT2D eigenvalue weighted by Crippen LogP contribution is 2.44. The zero-order valence-corrected chi connectivity index (χ0v) is 13.2. The highest BCUT2D eigenvalue weighted by Gasteiger charge is 2.40. The number of likely N-dealkylation sites (tertiary alicyclic amines) is 1. The van der Waals surface area contributed by atoms with E-state index in [1.807, 2.05) is 0 Å². The third-order valence-electron chi connectivity index (χ3n) is 5.33. The van der Waals surface area contributed by atoms with Crippen LogP contribution < -0.4 is 5.32 Å². The maximum Gasteiger partial charge on any atom is 0.407 e. The molecule has 0 aromatic rings. The highest BCUT2D eigenvalue weighted by molar-refractivity contribution is 5.85. The van der Waals surface area contributed by atoms with Crippen molar-refractivity contribution >= 4 is 18.5 Å². The van der Waals surface area contributed by atoms with E-state index in [2.05, 4.69) is 17.3 Å². The Bertz CT molecular complexity index is 332. The zero-order valence-electron chi connectivity index (χ0n) is 12.3. The van der Waals surface area contributed by atoms with E-state index in [0.717, 1.165) is 37.8 Å². The van der Waals surface area contributed by atoms with Gasteiger partial charge in [0.05, 0.1) is 6.61 Å². The lowest BCUT2D eigenvalue weighted by Crippen LogP contribution is -2.40. The molecule has 3 fully saturated rings. The summed E-state index contributed by atoms with van der Waals surface area (Å²) in [4.78, 5) is 14.2. The van der Waals surface area contributed by atoms with Gasteiger partial charge in [-0.2, -0.15) is 0 Å². The Morgan fingerprint density at radius 2 is 1.95 bits per heavy atom. The maximum absolute atomic E-state index is 11.8. The van der Waals surface area contributed by atoms with Crippen LogP contribution in [0.15, 0.2) is 0 Å². The van der Waals surface area contributed by atoms with Gasteiger partial charge in [0, 0.05) is 6.04 Å². The van der Waals surface area contributed by atoms with E-state index in [9.17, 15) is 4.79 Å². The number of halogens is 1. The third kappa shape index (κ3) is 3.79. The van der Waals surface area contributed by atoms with Gasteiger partial charge in [-0.3, -0.25) is 0 Å². The molecule has 1 heterocycles. The molecule has 20 heavy (non-hydrogen) atoms. The topological polar surface area (TPSA) is 41.6 Å². The molecule has 1 aliphatic heterocycles. The summed E-state index contributed by atoms with van der Waals surface area (Å²) in [5.74, 6) is 2.15. The molecule has 2 bridgehead atoms. The number of fused-ring (bicyclic) bond motifs is 2. The van der Waals surface area contributed by atoms with Crippen molar-refractivity contribution in [3.8, 4) is 0 Å². The number of amides is 1. The molecular formula is C15H27ClN2O2. The average molecular weight is 303 g/mol. The van der Waals surface area contributed by atoms with Gasteiger partial charge in [-0.1, -0.05) is 6.42 Å². The molecule has 4 nitrogen and oxygen atoms in total. The van der Waals surface area contributed by atoms with Crippen LogP contribution in [-0.4, -0.2) is 43.8 Å². The molecule has 0 aromatic carbocycles. The Morgan fingerprint density at radius 1 is 1.20 bits per heavy atom. The molecule has 116 valence electrons. The number of piperidine rings is 1. The molecule has 0 spiro atoms. The standard InChI is InChI=1S/C15H26N2O2.ClH/c1-17-6-4-11(5-7-17)10-19-15(18)16-14-9-12-2-3-13(14)8-12;/h11-14H,2-10H2,1H3,(H,16,18);1H. The average Bonchev–Trinajstić information content (AvgIpc) is 3.00. The Labute approximate surface area is 128 Å². The Kier molecular flexibility index (Phi) is 5.56. The van der Waals surface area contributed by atoms with Crippen LogP contribution in [0.1, 0.15) is 38.5 Å². The maximum atomic E-state index is 11.8. The SMILES string of the molecule is CN1CCC(COC(=O)NC2CC3CCC2C3)CC1.Cl. The van der Waals surface area contributed by atoms with Crippen molar-refractivity contribution < 1.29 is 9.53 Å². The summed E-state index contributed by atoms with van der Waals surface area (Å²) in [7, 11) is 2.15. The number of carbonyl (C=O) groups is 1. The number of hydrogen-bond donors (Lipinski definition) is 1. The van der Waals surface area contributed by atoms with E-state index >= 15 is 0 Å². The molecule has 2 saturated carbocycles. The first-order valence-corrected chi connectivity index (χ1v) is 7.82. The van der Waals surface area contributed by atoms with Crippen molar-refractivity contribution in [2.75, 3.05) is 26.7 Å². The van der Waals surface area contributed by atoms with Gasteiger partial charge < -0.3 is 15.0 Å². The van der Waals surface area contributed by atoms with Crippen LogP contribution in [0, 0.1) is 17.8 Å². The Balaban J connectivity index is 0.00000147. The van der Waals surface area contributed by atoms with Crippen molar-refractivity contribution in [3.63, 3.8) is 0 Å². The van der Waals surface area contributed by atoms with Crippen molar-refractivity contribution in [2.24, 2.45) is 17.8 Å². The Hall–Kier alpha value is -0.480. The van der Waals surface area contributed by atoms with Gasteiger partial charge in [-0.25, -0.2) is 4.79 Å². The lowest BCUT2D eigenvalue weighted by Gasteiger charge is -2.29. The summed E-state index contributed by atoms with van der Waals surface area (Å²) in [6.45, 7) is 2.85. The van der Waals surface area contributed by atoms with Crippen LogP contribution in [0.3, 0.4) is 0 Å². The molecule has 3 atom stereocenters. The summed E-state index contributed by atoms with van der Waals surface area (Å²) in [6, 6.07) is 0.392. The van der Waals surface area contributed by atoms with Gasteiger partial charge in [0.2, 0.25) is 0 Å². The van der Waals surface area contributed by atoms with Crippen LogP contribution in [0.2, 0.25) is 0 Å². The predicted molar refractivity (Wildman–Crippen MR) is 81.2 cm³/mol. The number of carbonyl (C=O) groups excluding carboxylic acids is 1. The van der Waals surface area contributed by atoms with Gasteiger partial charge in [0.15, 0.2) is 0 Å². The summed E-state index contributed by atoms with van der Waals surface area (Å²) in [6.07, 6.45) is 7.28. The predicted octanol–water partition coefficient (Wildman–Crippen LogP) is 2.66. The number of alkyl carbamates (subject to hydrolysis) is 1. The van der Waals surface area contributed by atoms with E-state index in [1.54, 1.807) is 0 Å². The molecule has 3 rings (SSSR count). The van der Waals surface area contributed by atoms with Crippen molar-refractivity contribution in [2.45, 2.75) is 44.6 Å². The second-order valence-corrected chi connectivity index (χ2v) is 6.77. The minimum absolute atomic E-state index is 0. The molecule has 0 radical (unpaired) electrons. The normalized spacial score (nSPS) is 33.8. The van der Waals surface area contributed by atoms with Gasteiger partial charge in [0.25, 0.3) is 0 Å². The van der Waals surface area contributed by atoms with Crippen molar-refractivity contribution in [1.29, 1.82) is 0 Å². The van der Waals surface area contributed by atoms with E-state index in [-0.39, 0.29) is 18.5 Å².